The molecule has 0 radical (unpaired) electrons. The highest BCUT2D eigenvalue weighted by Gasteiger charge is 2.06. The van der Waals surface area contributed by atoms with Crippen molar-refractivity contribution < 1.29 is 14.3 Å². The van der Waals surface area contributed by atoms with Gasteiger partial charge in [0.2, 0.25) is 5.78 Å². The molecule has 0 amide bonds. The van der Waals surface area contributed by atoms with Crippen LogP contribution in [0.25, 0.3) is 0 Å². The number of carbonyl (C=O) groups is 2. The van der Waals surface area contributed by atoms with E-state index in [4.69, 9.17) is 0 Å². The molecular formula is C12H18O3. The molecule has 0 aromatic heterocycles. The third-order valence-corrected chi connectivity index (χ3v) is 1.74. The van der Waals surface area contributed by atoms with Crippen LogP contribution >= 0.6 is 0 Å². The van der Waals surface area contributed by atoms with E-state index in [0.29, 0.717) is 6.61 Å². The Morgan fingerprint density at radius 1 is 1.20 bits per heavy atom. The summed E-state index contributed by atoms with van der Waals surface area (Å²) in [5.41, 5.74) is 0. The molecule has 0 aromatic carbocycles. The van der Waals surface area contributed by atoms with Gasteiger partial charge < -0.3 is 4.74 Å². The van der Waals surface area contributed by atoms with Crippen LogP contribution in [0, 0.1) is 11.8 Å². The van der Waals surface area contributed by atoms with Crippen molar-refractivity contribution in [2.24, 2.45) is 0 Å². The summed E-state index contributed by atoms with van der Waals surface area (Å²) in [7, 11) is 0. The molecule has 0 aliphatic carbocycles. The zero-order valence-corrected chi connectivity index (χ0v) is 9.47. The van der Waals surface area contributed by atoms with Gasteiger partial charge in [-0.1, -0.05) is 25.7 Å². The summed E-state index contributed by atoms with van der Waals surface area (Å²) in [6, 6.07) is 0. The molecule has 0 aliphatic heterocycles. The first-order chi connectivity index (χ1) is 7.20. The molecule has 0 fully saturated rings. The van der Waals surface area contributed by atoms with Crippen LogP contribution in [0.2, 0.25) is 0 Å². The summed E-state index contributed by atoms with van der Waals surface area (Å²) in [4.78, 5) is 22.0. The Kier molecular flexibility index (Phi) is 8.46. The maximum Gasteiger partial charge on any atom is 0.314 e. The number of carbonyl (C=O) groups excluding carboxylic acids is 2. The fourth-order valence-electron chi connectivity index (χ4n) is 1.01. The average molecular weight is 210 g/mol. The molecular weight excluding hydrogens is 192 g/mol. The van der Waals surface area contributed by atoms with E-state index in [1.807, 2.05) is 0 Å². The molecule has 0 aromatic rings. The zero-order chi connectivity index (χ0) is 11.5. The summed E-state index contributed by atoms with van der Waals surface area (Å²) >= 11 is 0. The van der Waals surface area contributed by atoms with Crippen molar-refractivity contribution in [1.82, 2.24) is 0 Å². The lowest BCUT2D eigenvalue weighted by atomic mass is 10.2. The first-order valence-electron chi connectivity index (χ1n) is 5.38. The fraction of sp³-hybridized carbons (Fsp3) is 0.667. The number of Topliss-reactive ketones (excluding diaryl/α,β-unsaturated/α-hetero) is 1. The topological polar surface area (TPSA) is 43.4 Å². The van der Waals surface area contributed by atoms with E-state index in [-0.39, 0.29) is 12.2 Å². The minimum absolute atomic E-state index is 0.228. The Morgan fingerprint density at radius 3 is 2.53 bits per heavy atom. The highest BCUT2D eigenvalue weighted by Crippen LogP contribution is 1.96. The van der Waals surface area contributed by atoms with Gasteiger partial charge in [0.15, 0.2) is 0 Å². The molecule has 0 heterocycles. The highest BCUT2D eigenvalue weighted by atomic mass is 16.5. The van der Waals surface area contributed by atoms with E-state index >= 15 is 0 Å². The van der Waals surface area contributed by atoms with E-state index in [2.05, 4.69) is 23.5 Å². The van der Waals surface area contributed by atoms with Crippen LogP contribution in [0.3, 0.4) is 0 Å². The number of ether oxygens (including phenoxy) is 1. The van der Waals surface area contributed by atoms with Crippen LogP contribution in [-0.4, -0.2) is 18.4 Å². The van der Waals surface area contributed by atoms with Crippen molar-refractivity contribution in [3.8, 4) is 11.8 Å². The van der Waals surface area contributed by atoms with Crippen LogP contribution in [0.15, 0.2) is 0 Å². The van der Waals surface area contributed by atoms with Gasteiger partial charge in [0.05, 0.1) is 6.61 Å². The second-order valence-corrected chi connectivity index (χ2v) is 3.16. The van der Waals surface area contributed by atoms with Gasteiger partial charge in [-0.2, -0.15) is 0 Å². The SMILES string of the molecule is CCCCCC#CC(=O)CC(=O)OCC. The standard InChI is InChI=1S/C12H18O3/c1-3-5-6-7-8-9-11(13)10-12(14)15-4-2/h3-7,10H2,1-2H3. The lowest BCUT2D eigenvalue weighted by Crippen LogP contribution is -2.09. The van der Waals surface area contributed by atoms with Crippen molar-refractivity contribution in [1.29, 1.82) is 0 Å². The Bertz CT molecular complexity index is 258. The first kappa shape index (κ1) is 13.7. The monoisotopic (exact) mass is 210 g/mol. The molecule has 0 bridgehead atoms. The van der Waals surface area contributed by atoms with Crippen molar-refractivity contribution in [3.63, 3.8) is 0 Å². The maximum absolute atomic E-state index is 11.1. The molecule has 0 spiro atoms. The molecule has 15 heavy (non-hydrogen) atoms. The summed E-state index contributed by atoms with van der Waals surface area (Å²) in [6.45, 7) is 4.12. The third kappa shape index (κ3) is 9.01. The van der Waals surface area contributed by atoms with Gasteiger partial charge in [-0.25, -0.2) is 0 Å². The van der Waals surface area contributed by atoms with Crippen LogP contribution in [0.4, 0.5) is 0 Å². The maximum atomic E-state index is 11.1. The number of rotatable bonds is 6. The zero-order valence-electron chi connectivity index (χ0n) is 9.47. The summed E-state index contributed by atoms with van der Waals surface area (Å²) in [5, 5.41) is 0. The van der Waals surface area contributed by atoms with E-state index in [0.717, 1.165) is 25.7 Å². The van der Waals surface area contributed by atoms with E-state index in [1.54, 1.807) is 6.92 Å². The lowest BCUT2D eigenvalue weighted by Gasteiger charge is -1.96. The smallest absolute Gasteiger partial charge is 0.314 e. The predicted molar refractivity (Wildman–Crippen MR) is 58.2 cm³/mol. The molecule has 0 saturated heterocycles. The lowest BCUT2D eigenvalue weighted by molar-refractivity contribution is -0.144. The van der Waals surface area contributed by atoms with Crippen LogP contribution in [0.1, 0.15) is 46.0 Å². The first-order valence-corrected chi connectivity index (χ1v) is 5.38. The van der Waals surface area contributed by atoms with E-state index in [1.165, 1.54) is 0 Å². The number of hydrogen-bond donors (Lipinski definition) is 0. The highest BCUT2D eigenvalue weighted by molar-refractivity contribution is 6.05. The molecule has 0 saturated carbocycles. The van der Waals surface area contributed by atoms with Crippen LogP contribution in [-0.2, 0) is 14.3 Å². The van der Waals surface area contributed by atoms with E-state index < -0.39 is 5.97 Å². The third-order valence-electron chi connectivity index (χ3n) is 1.74. The minimum Gasteiger partial charge on any atom is -0.466 e. The Morgan fingerprint density at radius 2 is 1.93 bits per heavy atom. The van der Waals surface area contributed by atoms with Gasteiger partial charge in [-0.05, 0) is 19.3 Å². The van der Waals surface area contributed by atoms with Crippen molar-refractivity contribution in [2.45, 2.75) is 46.0 Å². The number of ketones is 1. The Hall–Kier alpha value is -1.30. The minimum atomic E-state index is -0.495. The molecule has 0 rings (SSSR count). The van der Waals surface area contributed by atoms with Crippen LogP contribution in [0.5, 0.6) is 0 Å². The quantitative estimate of drug-likeness (QED) is 0.222. The van der Waals surface area contributed by atoms with Gasteiger partial charge in [0.1, 0.15) is 6.42 Å². The fourth-order valence-corrected chi connectivity index (χ4v) is 1.01. The van der Waals surface area contributed by atoms with Crippen molar-refractivity contribution in [3.05, 3.63) is 0 Å². The molecule has 3 heteroatoms. The van der Waals surface area contributed by atoms with Crippen molar-refractivity contribution >= 4 is 11.8 Å². The van der Waals surface area contributed by atoms with Gasteiger partial charge in [0, 0.05) is 6.42 Å². The summed E-state index contributed by atoms with van der Waals surface area (Å²) in [5.74, 6) is 4.35. The van der Waals surface area contributed by atoms with Crippen LogP contribution < -0.4 is 0 Å². The molecule has 84 valence electrons. The largest absolute Gasteiger partial charge is 0.466 e. The molecule has 0 unspecified atom stereocenters. The molecule has 3 nitrogen and oxygen atoms in total. The second kappa shape index (κ2) is 9.26. The molecule has 0 N–H and O–H groups in total. The Balaban J connectivity index is 3.67. The normalized spacial score (nSPS) is 8.93. The molecule has 0 atom stereocenters. The molecule has 0 aliphatic rings. The summed E-state index contributed by atoms with van der Waals surface area (Å²) < 4.78 is 4.63. The Labute approximate surface area is 91.2 Å². The van der Waals surface area contributed by atoms with Gasteiger partial charge in [-0.3, -0.25) is 9.59 Å². The van der Waals surface area contributed by atoms with Gasteiger partial charge in [0.25, 0.3) is 0 Å². The second-order valence-electron chi connectivity index (χ2n) is 3.16. The predicted octanol–water partition coefficient (Wildman–Crippen LogP) is 2.09. The van der Waals surface area contributed by atoms with Gasteiger partial charge in [-0.15, -0.1) is 0 Å². The average Bonchev–Trinajstić information content (AvgIpc) is 2.17. The summed E-state index contributed by atoms with van der Waals surface area (Å²) in [6.07, 6.45) is 3.77. The van der Waals surface area contributed by atoms with E-state index in [9.17, 15) is 9.59 Å². The number of hydrogen-bond acceptors (Lipinski definition) is 3. The number of unbranched alkanes of at least 4 members (excludes halogenated alkanes) is 3. The number of esters is 1. The van der Waals surface area contributed by atoms with Crippen molar-refractivity contribution in [2.75, 3.05) is 6.61 Å². The van der Waals surface area contributed by atoms with Gasteiger partial charge >= 0.3 is 5.97 Å².